The molecule has 0 amide bonds. The number of benzene rings is 1. The van der Waals surface area contributed by atoms with Gasteiger partial charge >= 0.3 is 0 Å². The molecule has 1 aromatic carbocycles. The lowest BCUT2D eigenvalue weighted by Crippen LogP contribution is -2.06. The van der Waals surface area contributed by atoms with E-state index in [2.05, 4.69) is 6.07 Å². The minimum Gasteiger partial charge on any atom is -0.496 e. The summed E-state index contributed by atoms with van der Waals surface area (Å²) in [5, 5.41) is 9.19. The molecule has 18 heavy (non-hydrogen) atoms. The molecule has 0 unspecified atom stereocenters. The molecule has 1 aliphatic carbocycles. The average Bonchev–Trinajstić information content (AvgIpc) is 3.19. The molecule has 0 N–H and O–H groups in total. The number of methoxy groups -OCH3 is 3. The van der Waals surface area contributed by atoms with Gasteiger partial charge in [0.25, 0.3) is 0 Å². The van der Waals surface area contributed by atoms with E-state index in [9.17, 15) is 5.26 Å². The second-order valence-electron chi connectivity index (χ2n) is 4.58. The minimum absolute atomic E-state index is 0.227. The maximum Gasteiger partial charge on any atom is 0.129 e. The molecule has 96 valence electrons. The standard InChI is InChI=1S/C14H17NO3/c1-16-10-6-12(17-2)11(13(7-10)18-3)8-14(9-15)4-5-14/h6-7H,4-5,8H2,1-3H3. The lowest BCUT2D eigenvalue weighted by molar-refractivity contribution is 0.365. The highest BCUT2D eigenvalue weighted by atomic mass is 16.5. The van der Waals surface area contributed by atoms with E-state index in [0.29, 0.717) is 23.7 Å². The van der Waals surface area contributed by atoms with Crippen molar-refractivity contribution in [2.75, 3.05) is 21.3 Å². The molecule has 4 heteroatoms. The van der Waals surface area contributed by atoms with E-state index in [-0.39, 0.29) is 5.41 Å². The number of nitriles is 1. The topological polar surface area (TPSA) is 51.5 Å². The van der Waals surface area contributed by atoms with Crippen molar-refractivity contribution in [1.29, 1.82) is 5.26 Å². The number of rotatable bonds is 5. The summed E-state index contributed by atoms with van der Waals surface area (Å²) in [5.74, 6) is 2.12. The van der Waals surface area contributed by atoms with Crippen LogP contribution in [0.25, 0.3) is 0 Å². The number of hydrogen-bond donors (Lipinski definition) is 0. The van der Waals surface area contributed by atoms with Crippen LogP contribution in [0.5, 0.6) is 17.2 Å². The van der Waals surface area contributed by atoms with E-state index in [1.165, 1.54) is 0 Å². The van der Waals surface area contributed by atoms with Crippen LogP contribution in [-0.2, 0) is 6.42 Å². The average molecular weight is 247 g/mol. The fourth-order valence-corrected chi connectivity index (χ4v) is 2.07. The largest absolute Gasteiger partial charge is 0.496 e. The van der Waals surface area contributed by atoms with Crippen LogP contribution in [-0.4, -0.2) is 21.3 Å². The smallest absolute Gasteiger partial charge is 0.129 e. The third-order valence-electron chi connectivity index (χ3n) is 3.42. The van der Waals surface area contributed by atoms with Gasteiger partial charge in [0.05, 0.1) is 32.8 Å². The summed E-state index contributed by atoms with van der Waals surface area (Å²) in [6.45, 7) is 0. The van der Waals surface area contributed by atoms with Gasteiger partial charge in [-0.15, -0.1) is 0 Å². The predicted octanol–water partition coefficient (Wildman–Crippen LogP) is 2.56. The highest BCUT2D eigenvalue weighted by Gasteiger charge is 2.44. The molecule has 1 saturated carbocycles. The van der Waals surface area contributed by atoms with Crippen molar-refractivity contribution in [3.8, 4) is 23.3 Å². The van der Waals surface area contributed by atoms with Gasteiger partial charge in [-0.3, -0.25) is 0 Å². The van der Waals surface area contributed by atoms with Gasteiger partial charge in [-0.25, -0.2) is 0 Å². The second kappa shape index (κ2) is 4.77. The molecule has 2 rings (SSSR count). The Morgan fingerprint density at radius 3 is 2.00 bits per heavy atom. The Hall–Kier alpha value is -1.89. The van der Waals surface area contributed by atoms with Gasteiger partial charge in [-0.05, 0) is 19.3 Å². The van der Waals surface area contributed by atoms with Gasteiger partial charge in [0.1, 0.15) is 17.2 Å². The number of nitrogens with zero attached hydrogens (tertiary/aromatic N) is 1. The highest BCUT2D eigenvalue weighted by Crippen LogP contribution is 2.50. The summed E-state index contributed by atoms with van der Waals surface area (Å²) in [7, 11) is 4.83. The Labute approximate surface area is 107 Å². The Kier molecular flexibility index (Phi) is 3.33. The summed E-state index contributed by atoms with van der Waals surface area (Å²) < 4.78 is 16.0. The van der Waals surface area contributed by atoms with Gasteiger partial charge < -0.3 is 14.2 Å². The van der Waals surface area contributed by atoms with Crippen molar-refractivity contribution in [2.24, 2.45) is 5.41 Å². The van der Waals surface area contributed by atoms with Gasteiger partial charge in [0, 0.05) is 17.7 Å². The van der Waals surface area contributed by atoms with Gasteiger partial charge in [0.2, 0.25) is 0 Å². The quantitative estimate of drug-likeness (QED) is 0.802. The van der Waals surface area contributed by atoms with Gasteiger partial charge in [-0.1, -0.05) is 0 Å². The zero-order valence-corrected chi connectivity index (χ0v) is 10.9. The summed E-state index contributed by atoms with van der Waals surface area (Å²) in [6.07, 6.45) is 2.56. The minimum atomic E-state index is -0.227. The Bertz CT molecular complexity index is 461. The van der Waals surface area contributed by atoms with Gasteiger partial charge in [0.15, 0.2) is 0 Å². The zero-order valence-electron chi connectivity index (χ0n) is 10.9. The highest BCUT2D eigenvalue weighted by molar-refractivity contribution is 5.52. The van der Waals surface area contributed by atoms with Crippen molar-refractivity contribution >= 4 is 0 Å². The summed E-state index contributed by atoms with van der Waals surface area (Å²) in [6, 6.07) is 6.04. The molecule has 0 atom stereocenters. The summed E-state index contributed by atoms with van der Waals surface area (Å²) in [5.41, 5.74) is 0.717. The van der Waals surface area contributed by atoms with Crippen LogP contribution in [0, 0.1) is 16.7 Å². The van der Waals surface area contributed by atoms with Crippen LogP contribution in [0.1, 0.15) is 18.4 Å². The predicted molar refractivity (Wildman–Crippen MR) is 67.1 cm³/mol. The van der Waals surface area contributed by atoms with Crippen LogP contribution in [0.2, 0.25) is 0 Å². The maximum atomic E-state index is 9.19. The molecule has 4 nitrogen and oxygen atoms in total. The Morgan fingerprint density at radius 2 is 1.67 bits per heavy atom. The normalized spacial score (nSPS) is 15.7. The molecule has 1 aromatic rings. The van der Waals surface area contributed by atoms with E-state index in [1.54, 1.807) is 21.3 Å². The maximum absolute atomic E-state index is 9.19. The first-order valence-electron chi connectivity index (χ1n) is 5.88. The van der Waals surface area contributed by atoms with Crippen molar-refractivity contribution in [1.82, 2.24) is 0 Å². The Morgan fingerprint density at radius 1 is 1.11 bits per heavy atom. The van der Waals surface area contributed by atoms with Gasteiger partial charge in [-0.2, -0.15) is 5.26 Å². The lowest BCUT2D eigenvalue weighted by Gasteiger charge is -2.16. The summed E-state index contributed by atoms with van der Waals surface area (Å²) >= 11 is 0. The molecule has 0 aromatic heterocycles. The van der Waals surface area contributed by atoms with Crippen molar-refractivity contribution < 1.29 is 14.2 Å². The number of hydrogen-bond acceptors (Lipinski definition) is 4. The first kappa shape index (κ1) is 12.6. The third-order valence-corrected chi connectivity index (χ3v) is 3.42. The van der Waals surface area contributed by atoms with Crippen LogP contribution in [0.15, 0.2) is 12.1 Å². The van der Waals surface area contributed by atoms with Crippen LogP contribution in [0.3, 0.4) is 0 Å². The van der Waals surface area contributed by atoms with Crippen molar-refractivity contribution in [3.63, 3.8) is 0 Å². The Balaban J connectivity index is 2.41. The first-order valence-corrected chi connectivity index (χ1v) is 5.88. The van der Waals surface area contributed by atoms with E-state index < -0.39 is 0 Å². The van der Waals surface area contributed by atoms with E-state index >= 15 is 0 Å². The van der Waals surface area contributed by atoms with Crippen LogP contribution in [0.4, 0.5) is 0 Å². The third kappa shape index (κ3) is 2.21. The molecule has 0 spiro atoms. The SMILES string of the molecule is COc1cc(OC)c(CC2(C#N)CC2)c(OC)c1. The molecular weight excluding hydrogens is 230 g/mol. The molecule has 0 aliphatic heterocycles. The molecule has 1 aliphatic rings. The van der Waals surface area contributed by atoms with Crippen LogP contribution < -0.4 is 14.2 Å². The molecule has 0 bridgehead atoms. The summed E-state index contributed by atoms with van der Waals surface area (Å²) in [4.78, 5) is 0. The molecular formula is C14H17NO3. The number of ether oxygens (including phenoxy) is 3. The second-order valence-corrected chi connectivity index (χ2v) is 4.58. The van der Waals surface area contributed by atoms with Crippen LogP contribution >= 0.6 is 0 Å². The fourth-order valence-electron chi connectivity index (χ4n) is 2.07. The van der Waals surface area contributed by atoms with Crippen molar-refractivity contribution in [2.45, 2.75) is 19.3 Å². The van der Waals surface area contributed by atoms with E-state index in [4.69, 9.17) is 14.2 Å². The fraction of sp³-hybridized carbons (Fsp3) is 0.500. The monoisotopic (exact) mass is 247 g/mol. The van der Waals surface area contributed by atoms with E-state index in [0.717, 1.165) is 18.4 Å². The first-order chi connectivity index (χ1) is 8.68. The molecule has 1 fully saturated rings. The zero-order chi connectivity index (χ0) is 13.2. The van der Waals surface area contributed by atoms with E-state index in [1.807, 2.05) is 12.1 Å². The molecule has 0 radical (unpaired) electrons. The lowest BCUT2D eigenvalue weighted by atomic mass is 9.96. The molecule has 0 saturated heterocycles. The van der Waals surface area contributed by atoms with Crippen molar-refractivity contribution in [3.05, 3.63) is 17.7 Å². The molecule has 0 heterocycles.